The molecule has 0 radical (unpaired) electrons. The van der Waals surface area contributed by atoms with Crippen molar-refractivity contribution in [3.8, 4) is 0 Å². The Morgan fingerprint density at radius 3 is 2.83 bits per heavy atom. The van der Waals surface area contributed by atoms with Gasteiger partial charge in [-0.3, -0.25) is 14.3 Å². The molecule has 4 N–H and O–H groups in total. The highest BCUT2D eigenvalue weighted by atomic mass is 19.1. The van der Waals surface area contributed by atoms with Crippen LogP contribution in [0.4, 0.5) is 4.39 Å². The van der Waals surface area contributed by atoms with Crippen molar-refractivity contribution in [3.05, 3.63) is 32.6 Å². The van der Waals surface area contributed by atoms with E-state index < -0.39 is 35.9 Å². The molecule has 0 spiro atoms. The first kappa shape index (κ1) is 12.9. The fraction of sp³-hybridized carbons (Fsp3) is 0.600. The van der Waals surface area contributed by atoms with Crippen LogP contribution < -0.4 is 17.0 Å². The standard InChI is InChI=1S/C10H14FN3O4/c1-4-3-14(10(17)13-8(4)16)9-6(11)7(15)5(2-12)18-9/h3,5-7,9,15H,2,12H2,1H3,(H,13,16,17)/t5-,6+,7-,9+/m1/s1. The third-order valence-corrected chi connectivity index (χ3v) is 2.95. The van der Waals surface area contributed by atoms with Gasteiger partial charge in [-0.1, -0.05) is 0 Å². The third-order valence-electron chi connectivity index (χ3n) is 2.95. The van der Waals surface area contributed by atoms with Crippen molar-refractivity contribution >= 4 is 0 Å². The number of hydrogen-bond donors (Lipinski definition) is 3. The quantitative estimate of drug-likeness (QED) is 0.592. The van der Waals surface area contributed by atoms with Gasteiger partial charge < -0.3 is 15.6 Å². The Labute approximate surface area is 101 Å². The Morgan fingerprint density at radius 1 is 1.61 bits per heavy atom. The molecule has 100 valence electrons. The number of aromatic amines is 1. The molecule has 18 heavy (non-hydrogen) atoms. The summed E-state index contributed by atoms with van der Waals surface area (Å²) in [5.41, 5.74) is 4.24. The Bertz CT molecular complexity index is 555. The van der Waals surface area contributed by atoms with E-state index in [-0.39, 0.29) is 12.1 Å². The van der Waals surface area contributed by atoms with Crippen molar-refractivity contribution in [3.63, 3.8) is 0 Å². The van der Waals surface area contributed by atoms with Crippen molar-refractivity contribution in [1.82, 2.24) is 9.55 Å². The fourth-order valence-corrected chi connectivity index (χ4v) is 1.90. The van der Waals surface area contributed by atoms with Crippen LogP contribution in [0.1, 0.15) is 11.8 Å². The van der Waals surface area contributed by atoms with Crippen LogP contribution >= 0.6 is 0 Å². The number of aryl methyl sites for hydroxylation is 1. The van der Waals surface area contributed by atoms with E-state index in [2.05, 4.69) is 0 Å². The van der Waals surface area contributed by atoms with Gasteiger partial charge in [0.25, 0.3) is 5.56 Å². The molecule has 4 atom stereocenters. The zero-order valence-electron chi connectivity index (χ0n) is 9.67. The molecule has 0 aromatic carbocycles. The molecule has 1 aromatic heterocycles. The molecule has 7 nitrogen and oxygen atoms in total. The minimum atomic E-state index is -1.78. The lowest BCUT2D eigenvalue weighted by Crippen LogP contribution is -2.37. The van der Waals surface area contributed by atoms with E-state index in [1.54, 1.807) is 0 Å². The summed E-state index contributed by atoms with van der Waals surface area (Å²) in [6, 6.07) is 0. The summed E-state index contributed by atoms with van der Waals surface area (Å²) in [7, 11) is 0. The molecule has 0 bridgehead atoms. The Hall–Kier alpha value is -1.51. The van der Waals surface area contributed by atoms with Crippen molar-refractivity contribution in [1.29, 1.82) is 0 Å². The van der Waals surface area contributed by atoms with Gasteiger partial charge >= 0.3 is 5.69 Å². The summed E-state index contributed by atoms with van der Waals surface area (Å²) in [5, 5.41) is 9.54. The molecule has 0 aliphatic carbocycles. The van der Waals surface area contributed by atoms with E-state index in [4.69, 9.17) is 10.5 Å². The number of nitrogens with two attached hydrogens (primary N) is 1. The average Bonchev–Trinajstić information content (AvgIpc) is 2.61. The van der Waals surface area contributed by atoms with Crippen LogP contribution in [0, 0.1) is 6.92 Å². The van der Waals surface area contributed by atoms with E-state index >= 15 is 0 Å². The molecule has 1 aromatic rings. The number of hydrogen-bond acceptors (Lipinski definition) is 5. The van der Waals surface area contributed by atoms with Crippen LogP contribution in [0.2, 0.25) is 0 Å². The summed E-state index contributed by atoms with van der Waals surface area (Å²) in [6.45, 7) is 1.42. The van der Waals surface area contributed by atoms with E-state index in [9.17, 15) is 19.1 Å². The molecule has 0 amide bonds. The molecule has 2 rings (SSSR count). The molecule has 1 fully saturated rings. The smallest absolute Gasteiger partial charge is 0.330 e. The van der Waals surface area contributed by atoms with Gasteiger partial charge in [0.05, 0.1) is 0 Å². The second-order valence-electron chi connectivity index (χ2n) is 4.21. The minimum Gasteiger partial charge on any atom is -0.387 e. The highest BCUT2D eigenvalue weighted by Crippen LogP contribution is 2.30. The number of aromatic nitrogens is 2. The number of alkyl halides is 1. The average molecular weight is 259 g/mol. The molecule has 2 heterocycles. The molecular formula is C10H14FN3O4. The molecule has 1 aliphatic heterocycles. The molecule has 0 saturated carbocycles. The van der Waals surface area contributed by atoms with Crippen LogP contribution in [0.25, 0.3) is 0 Å². The highest BCUT2D eigenvalue weighted by molar-refractivity contribution is 5.03. The van der Waals surface area contributed by atoms with Crippen molar-refractivity contribution in [2.45, 2.75) is 31.5 Å². The monoisotopic (exact) mass is 259 g/mol. The van der Waals surface area contributed by atoms with Gasteiger partial charge in [0, 0.05) is 18.3 Å². The van der Waals surface area contributed by atoms with Crippen LogP contribution in [0.5, 0.6) is 0 Å². The largest absolute Gasteiger partial charge is 0.387 e. The molecule has 8 heteroatoms. The maximum Gasteiger partial charge on any atom is 0.330 e. The van der Waals surface area contributed by atoms with E-state index in [0.717, 1.165) is 4.57 Å². The van der Waals surface area contributed by atoms with Crippen LogP contribution in [0.3, 0.4) is 0 Å². The molecular weight excluding hydrogens is 245 g/mol. The minimum absolute atomic E-state index is 0.0603. The number of H-pyrrole nitrogens is 1. The van der Waals surface area contributed by atoms with E-state index in [0.29, 0.717) is 0 Å². The van der Waals surface area contributed by atoms with Gasteiger partial charge in [-0.25, -0.2) is 9.18 Å². The van der Waals surface area contributed by atoms with Gasteiger partial charge in [-0.2, -0.15) is 0 Å². The van der Waals surface area contributed by atoms with Crippen molar-refractivity contribution in [2.75, 3.05) is 6.54 Å². The zero-order chi connectivity index (χ0) is 13.4. The van der Waals surface area contributed by atoms with Crippen molar-refractivity contribution < 1.29 is 14.2 Å². The topological polar surface area (TPSA) is 110 Å². The lowest BCUT2D eigenvalue weighted by molar-refractivity contribution is -0.0226. The number of aliphatic hydroxyl groups is 1. The van der Waals surface area contributed by atoms with Gasteiger partial charge in [-0.15, -0.1) is 0 Å². The number of ether oxygens (including phenoxy) is 1. The summed E-state index contributed by atoms with van der Waals surface area (Å²) < 4.78 is 19.9. The van der Waals surface area contributed by atoms with Crippen LogP contribution in [-0.2, 0) is 4.74 Å². The summed E-state index contributed by atoms with van der Waals surface area (Å²) >= 11 is 0. The third kappa shape index (κ3) is 1.98. The Balaban J connectivity index is 2.42. The van der Waals surface area contributed by atoms with Gasteiger partial charge in [0.15, 0.2) is 12.4 Å². The number of aliphatic hydroxyl groups excluding tert-OH is 1. The summed E-state index contributed by atoms with van der Waals surface area (Å²) in [6.07, 6.45) is -4.12. The van der Waals surface area contributed by atoms with Crippen molar-refractivity contribution in [2.24, 2.45) is 5.73 Å². The Morgan fingerprint density at radius 2 is 2.28 bits per heavy atom. The maximum atomic E-state index is 13.8. The first-order valence-electron chi connectivity index (χ1n) is 5.45. The second kappa shape index (κ2) is 4.63. The normalized spacial score (nSPS) is 31.8. The maximum absolute atomic E-state index is 13.8. The van der Waals surface area contributed by atoms with E-state index in [1.165, 1.54) is 13.1 Å². The second-order valence-corrected chi connectivity index (χ2v) is 4.21. The number of nitrogens with one attached hydrogen (secondary N) is 1. The summed E-state index contributed by atoms with van der Waals surface area (Å²) in [5.74, 6) is 0. The predicted octanol–water partition coefficient (Wildman–Crippen LogP) is -1.60. The van der Waals surface area contributed by atoms with Crippen LogP contribution in [0.15, 0.2) is 15.8 Å². The van der Waals surface area contributed by atoms with E-state index in [1.807, 2.05) is 4.98 Å². The fourth-order valence-electron chi connectivity index (χ4n) is 1.90. The van der Waals surface area contributed by atoms with Gasteiger partial charge in [0.2, 0.25) is 0 Å². The predicted molar refractivity (Wildman–Crippen MR) is 59.9 cm³/mol. The van der Waals surface area contributed by atoms with Crippen LogP contribution in [-0.4, -0.2) is 39.6 Å². The Kier molecular flexibility index (Phi) is 3.33. The number of rotatable bonds is 2. The van der Waals surface area contributed by atoms with Gasteiger partial charge in [0.1, 0.15) is 12.2 Å². The lowest BCUT2D eigenvalue weighted by atomic mass is 10.1. The first-order valence-corrected chi connectivity index (χ1v) is 5.45. The zero-order valence-corrected chi connectivity index (χ0v) is 9.67. The lowest BCUT2D eigenvalue weighted by Gasteiger charge is -2.16. The highest BCUT2D eigenvalue weighted by Gasteiger charge is 2.44. The first-order chi connectivity index (χ1) is 8.45. The number of halogens is 1. The molecule has 0 unspecified atom stereocenters. The number of nitrogens with zero attached hydrogens (tertiary/aromatic N) is 1. The molecule has 1 saturated heterocycles. The summed E-state index contributed by atoms with van der Waals surface area (Å²) in [4.78, 5) is 24.8. The van der Waals surface area contributed by atoms with Gasteiger partial charge in [-0.05, 0) is 6.92 Å². The SMILES string of the molecule is Cc1cn([C@H]2O[C@H](CN)[C@@H](O)[C@@H]2F)c(=O)[nH]c1=O. The molecule has 1 aliphatic rings.